The number of phenolic OH excluding ortho intramolecular Hbond substituents is 1. The molecule has 124 valence electrons. The third-order valence-corrected chi connectivity index (χ3v) is 3.61. The maximum atomic E-state index is 13.6. The minimum absolute atomic E-state index is 0.0238. The van der Waals surface area contributed by atoms with Crippen molar-refractivity contribution in [2.45, 2.75) is 6.92 Å². The van der Waals surface area contributed by atoms with E-state index < -0.39 is 5.82 Å². The Bertz CT molecular complexity index is 1080. The highest BCUT2D eigenvalue weighted by atomic mass is 19.1. The highest BCUT2D eigenvalue weighted by molar-refractivity contribution is 5.72. The van der Waals surface area contributed by atoms with Crippen LogP contribution in [-0.2, 0) is 0 Å². The Morgan fingerprint density at radius 2 is 1.96 bits per heavy atom. The lowest BCUT2D eigenvalue weighted by molar-refractivity contribution is 0.410. The highest BCUT2D eigenvalue weighted by Gasteiger charge is 2.13. The smallest absolute Gasteiger partial charge is 0.325 e. The second kappa shape index (κ2) is 5.86. The molecule has 6 nitrogen and oxygen atoms in total. The molecule has 0 saturated carbocycles. The summed E-state index contributed by atoms with van der Waals surface area (Å²) in [5, 5.41) is 9.61. The zero-order chi connectivity index (χ0) is 17.4. The van der Waals surface area contributed by atoms with Crippen molar-refractivity contribution in [1.29, 1.82) is 0 Å². The normalized spacial score (nSPS) is 11.0. The van der Waals surface area contributed by atoms with E-state index in [2.05, 4.69) is 15.0 Å². The summed E-state index contributed by atoms with van der Waals surface area (Å²) in [6.07, 6.45) is 1.44. The van der Waals surface area contributed by atoms with Crippen LogP contribution >= 0.6 is 0 Å². The fourth-order valence-electron chi connectivity index (χ4n) is 2.31. The van der Waals surface area contributed by atoms with Crippen molar-refractivity contribution in [3.8, 4) is 29.0 Å². The zero-order valence-corrected chi connectivity index (χ0v) is 13.1. The zero-order valence-electron chi connectivity index (χ0n) is 13.1. The van der Waals surface area contributed by atoms with E-state index in [0.29, 0.717) is 22.5 Å². The monoisotopic (exact) mass is 337 g/mol. The molecule has 0 bridgehead atoms. The molecule has 4 aromatic rings. The predicted octanol–water partition coefficient (Wildman–Crippen LogP) is 4.23. The van der Waals surface area contributed by atoms with Crippen LogP contribution in [0, 0.1) is 12.7 Å². The summed E-state index contributed by atoms with van der Waals surface area (Å²) >= 11 is 0. The topological polar surface area (TPSA) is 81.3 Å². The van der Waals surface area contributed by atoms with Crippen LogP contribution < -0.4 is 4.74 Å². The van der Waals surface area contributed by atoms with Crippen LogP contribution in [0.3, 0.4) is 0 Å². The molecule has 0 atom stereocenters. The molecule has 0 unspecified atom stereocenters. The number of nitrogens with zero attached hydrogens (tertiary/aromatic N) is 3. The third kappa shape index (κ3) is 2.87. The molecule has 7 heteroatoms. The van der Waals surface area contributed by atoms with Crippen LogP contribution in [0.15, 0.2) is 53.1 Å². The average molecular weight is 337 g/mol. The standard InChI is InChI=1S/C18H12FN3O3/c1-10-8-11(6-7-14(10)23)16-21-13-9-20-18(22-17(13)25-16)24-15-5-3-2-4-12(15)19/h2-9,23H,1H3. The number of oxazole rings is 1. The van der Waals surface area contributed by atoms with Crippen molar-refractivity contribution < 1.29 is 18.7 Å². The third-order valence-electron chi connectivity index (χ3n) is 3.61. The van der Waals surface area contributed by atoms with E-state index in [9.17, 15) is 9.50 Å². The van der Waals surface area contributed by atoms with Gasteiger partial charge in [0.2, 0.25) is 5.89 Å². The van der Waals surface area contributed by atoms with E-state index in [1.54, 1.807) is 37.3 Å². The number of halogens is 1. The van der Waals surface area contributed by atoms with Gasteiger partial charge in [-0.3, -0.25) is 0 Å². The first-order chi connectivity index (χ1) is 12.1. The van der Waals surface area contributed by atoms with E-state index in [1.165, 1.54) is 18.3 Å². The molecule has 2 aromatic heterocycles. The average Bonchev–Trinajstić information content (AvgIpc) is 3.03. The summed E-state index contributed by atoms with van der Waals surface area (Å²) in [6.45, 7) is 1.78. The first kappa shape index (κ1) is 15.1. The Balaban J connectivity index is 1.69. The summed E-state index contributed by atoms with van der Waals surface area (Å²) in [4.78, 5) is 12.5. The molecule has 2 heterocycles. The Kier molecular flexibility index (Phi) is 3.53. The van der Waals surface area contributed by atoms with E-state index in [4.69, 9.17) is 9.15 Å². The molecule has 2 aromatic carbocycles. The van der Waals surface area contributed by atoms with E-state index in [1.807, 2.05) is 0 Å². The fourth-order valence-corrected chi connectivity index (χ4v) is 2.31. The number of para-hydroxylation sites is 1. The SMILES string of the molecule is Cc1cc(-c2nc3cnc(Oc4ccccc4F)nc3o2)ccc1O. The molecule has 0 aliphatic rings. The van der Waals surface area contributed by atoms with Crippen LogP contribution in [0.1, 0.15) is 5.56 Å². The Hall–Kier alpha value is -3.48. The number of benzene rings is 2. The Morgan fingerprint density at radius 3 is 2.76 bits per heavy atom. The molecule has 0 saturated heterocycles. The van der Waals surface area contributed by atoms with Crippen LogP contribution in [0.5, 0.6) is 17.5 Å². The molecule has 4 rings (SSSR count). The van der Waals surface area contributed by atoms with Gasteiger partial charge >= 0.3 is 6.01 Å². The van der Waals surface area contributed by atoms with Gasteiger partial charge in [-0.1, -0.05) is 12.1 Å². The van der Waals surface area contributed by atoms with Gasteiger partial charge in [0.15, 0.2) is 11.6 Å². The minimum atomic E-state index is -0.510. The summed E-state index contributed by atoms with van der Waals surface area (Å²) in [5.74, 6) is 0.0513. The maximum Gasteiger partial charge on any atom is 0.325 e. The molecule has 0 aliphatic carbocycles. The predicted molar refractivity (Wildman–Crippen MR) is 87.9 cm³/mol. The second-order valence-corrected chi connectivity index (χ2v) is 5.40. The molecule has 1 N–H and O–H groups in total. The number of phenols is 1. The first-order valence-electron chi connectivity index (χ1n) is 7.46. The first-order valence-corrected chi connectivity index (χ1v) is 7.46. The van der Waals surface area contributed by atoms with Gasteiger partial charge in [-0.2, -0.15) is 4.98 Å². The number of aromatic hydroxyl groups is 1. The van der Waals surface area contributed by atoms with Gasteiger partial charge in [0.25, 0.3) is 5.71 Å². The number of aromatic nitrogens is 3. The summed E-state index contributed by atoms with van der Waals surface area (Å²) in [6, 6.07) is 11.0. The van der Waals surface area contributed by atoms with Gasteiger partial charge in [0, 0.05) is 5.56 Å². The van der Waals surface area contributed by atoms with Crippen LogP contribution in [0.4, 0.5) is 4.39 Å². The van der Waals surface area contributed by atoms with Gasteiger partial charge in [-0.25, -0.2) is 14.4 Å². The quantitative estimate of drug-likeness (QED) is 0.602. The van der Waals surface area contributed by atoms with Gasteiger partial charge in [-0.05, 0) is 42.8 Å². The van der Waals surface area contributed by atoms with Crippen molar-refractivity contribution in [2.75, 3.05) is 0 Å². The lowest BCUT2D eigenvalue weighted by Crippen LogP contribution is -1.93. The van der Waals surface area contributed by atoms with Crippen LogP contribution in [0.2, 0.25) is 0 Å². The molecule has 0 amide bonds. The van der Waals surface area contributed by atoms with Crippen LogP contribution in [-0.4, -0.2) is 20.1 Å². The molecule has 0 radical (unpaired) electrons. The van der Waals surface area contributed by atoms with Crippen molar-refractivity contribution >= 4 is 11.2 Å². The van der Waals surface area contributed by atoms with Crippen molar-refractivity contribution in [3.05, 3.63) is 60.0 Å². The van der Waals surface area contributed by atoms with Gasteiger partial charge in [-0.15, -0.1) is 0 Å². The molecule has 25 heavy (non-hydrogen) atoms. The van der Waals surface area contributed by atoms with Gasteiger partial charge < -0.3 is 14.3 Å². The fraction of sp³-hybridized carbons (Fsp3) is 0.0556. The summed E-state index contributed by atoms with van der Waals surface area (Å²) < 4.78 is 24.6. The van der Waals surface area contributed by atoms with Crippen molar-refractivity contribution in [1.82, 2.24) is 15.0 Å². The Labute approximate surface area is 141 Å². The minimum Gasteiger partial charge on any atom is -0.508 e. The lowest BCUT2D eigenvalue weighted by Gasteiger charge is -2.03. The number of hydrogen-bond acceptors (Lipinski definition) is 6. The molecular weight excluding hydrogens is 325 g/mol. The lowest BCUT2D eigenvalue weighted by atomic mass is 10.1. The number of hydrogen-bond donors (Lipinski definition) is 1. The maximum absolute atomic E-state index is 13.6. The van der Waals surface area contributed by atoms with Crippen LogP contribution in [0.25, 0.3) is 22.7 Å². The molecule has 0 spiro atoms. The molecule has 0 fully saturated rings. The second-order valence-electron chi connectivity index (χ2n) is 5.40. The number of ether oxygens (including phenoxy) is 1. The number of rotatable bonds is 3. The van der Waals surface area contributed by atoms with Crippen molar-refractivity contribution in [3.63, 3.8) is 0 Å². The Morgan fingerprint density at radius 1 is 1.12 bits per heavy atom. The highest BCUT2D eigenvalue weighted by Crippen LogP contribution is 2.28. The number of fused-ring (bicyclic) bond motifs is 1. The van der Waals surface area contributed by atoms with Crippen molar-refractivity contribution in [2.24, 2.45) is 0 Å². The van der Waals surface area contributed by atoms with Gasteiger partial charge in [0.05, 0.1) is 6.20 Å². The van der Waals surface area contributed by atoms with E-state index in [-0.39, 0.29) is 23.2 Å². The largest absolute Gasteiger partial charge is 0.508 e. The summed E-state index contributed by atoms with van der Waals surface area (Å²) in [7, 11) is 0. The van der Waals surface area contributed by atoms with E-state index >= 15 is 0 Å². The van der Waals surface area contributed by atoms with E-state index in [0.717, 1.165) is 0 Å². The molecule has 0 aliphatic heterocycles. The summed E-state index contributed by atoms with van der Waals surface area (Å²) in [5.41, 5.74) is 2.07. The molecular formula is C18H12FN3O3. The van der Waals surface area contributed by atoms with Gasteiger partial charge in [0.1, 0.15) is 11.3 Å². The number of aryl methyl sites for hydroxylation is 1.